The van der Waals surface area contributed by atoms with Crippen LogP contribution in [-0.4, -0.2) is 45.5 Å². The maximum Gasteiger partial charge on any atom is 0.226 e. The molecule has 1 fully saturated rings. The summed E-state index contributed by atoms with van der Waals surface area (Å²) in [5.74, 6) is 0.968. The summed E-state index contributed by atoms with van der Waals surface area (Å²) in [5.41, 5.74) is 6.82. The lowest BCUT2D eigenvalue weighted by Crippen LogP contribution is -2.28. The first-order valence-corrected chi connectivity index (χ1v) is 7.18. The van der Waals surface area contributed by atoms with Gasteiger partial charge in [0.15, 0.2) is 11.5 Å². The molecule has 112 valence electrons. The zero-order valence-corrected chi connectivity index (χ0v) is 12.0. The highest BCUT2D eigenvalue weighted by atomic mass is 16.1. The van der Waals surface area contributed by atoms with Crippen molar-refractivity contribution in [2.75, 3.05) is 29.9 Å². The number of imidazole rings is 1. The van der Waals surface area contributed by atoms with Crippen molar-refractivity contribution in [1.82, 2.24) is 19.9 Å². The van der Waals surface area contributed by atoms with Crippen LogP contribution in [0, 0.1) is 5.92 Å². The van der Waals surface area contributed by atoms with Crippen LogP contribution in [0.1, 0.15) is 19.8 Å². The Morgan fingerprint density at radius 2 is 2.43 bits per heavy atom. The fourth-order valence-electron chi connectivity index (χ4n) is 2.55. The lowest BCUT2D eigenvalue weighted by atomic mass is 10.1. The topological polar surface area (TPSA) is 113 Å². The summed E-state index contributed by atoms with van der Waals surface area (Å²) in [4.78, 5) is 29.6. The SMILES string of the molecule is CCCNc1nc(N2CCC(C(N)=O)C2)c2[nH]cnc2n1. The smallest absolute Gasteiger partial charge is 0.226 e. The van der Waals surface area contributed by atoms with Gasteiger partial charge in [0, 0.05) is 19.6 Å². The molecule has 0 saturated carbocycles. The summed E-state index contributed by atoms with van der Waals surface area (Å²) in [6.07, 6.45) is 3.35. The van der Waals surface area contributed by atoms with Gasteiger partial charge < -0.3 is 20.9 Å². The van der Waals surface area contributed by atoms with Gasteiger partial charge in [0.2, 0.25) is 11.9 Å². The van der Waals surface area contributed by atoms with Gasteiger partial charge in [0.25, 0.3) is 0 Å². The number of hydrogen-bond acceptors (Lipinski definition) is 6. The van der Waals surface area contributed by atoms with Crippen molar-refractivity contribution in [3.63, 3.8) is 0 Å². The second-order valence-corrected chi connectivity index (χ2v) is 5.23. The van der Waals surface area contributed by atoms with Crippen LogP contribution in [0.4, 0.5) is 11.8 Å². The first kappa shape index (κ1) is 13.6. The molecule has 1 atom stereocenters. The van der Waals surface area contributed by atoms with E-state index in [1.165, 1.54) is 0 Å². The number of anilines is 2. The number of carbonyl (C=O) groups is 1. The zero-order valence-electron chi connectivity index (χ0n) is 12.0. The van der Waals surface area contributed by atoms with Gasteiger partial charge in [-0.1, -0.05) is 6.92 Å². The molecule has 1 aliphatic rings. The molecular weight excluding hydrogens is 270 g/mol. The molecule has 1 aliphatic heterocycles. The average Bonchev–Trinajstić information content (AvgIpc) is 3.12. The van der Waals surface area contributed by atoms with E-state index in [1.54, 1.807) is 6.33 Å². The van der Waals surface area contributed by atoms with E-state index < -0.39 is 0 Å². The van der Waals surface area contributed by atoms with Gasteiger partial charge in [-0.25, -0.2) is 4.98 Å². The first-order valence-electron chi connectivity index (χ1n) is 7.18. The molecule has 2 aromatic rings. The van der Waals surface area contributed by atoms with Crippen LogP contribution < -0.4 is 16.0 Å². The Labute approximate surface area is 122 Å². The number of H-pyrrole nitrogens is 1. The number of carbonyl (C=O) groups excluding carboxylic acids is 1. The second-order valence-electron chi connectivity index (χ2n) is 5.23. The van der Waals surface area contributed by atoms with E-state index >= 15 is 0 Å². The number of amides is 1. The number of rotatable bonds is 5. The normalized spacial score (nSPS) is 18.3. The fraction of sp³-hybridized carbons (Fsp3) is 0.538. The number of fused-ring (bicyclic) bond motifs is 1. The molecule has 8 heteroatoms. The summed E-state index contributed by atoms with van der Waals surface area (Å²) in [6.45, 7) is 4.23. The van der Waals surface area contributed by atoms with Crippen LogP contribution in [0.25, 0.3) is 11.2 Å². The summed E-state index contributed by atoms with van der Waals surface area (Å²) < 4.78 is 0. The first-order chi connectivity index (χ1) is 10.2. The monoisotopic (exact) mass is 289 g/mol. The van der Waals surface area contributed by atoms with E-state index in [4.69, 9.17) is 5.73 Å². The van der Waals surface area contributed by atoms with E-state index in [0.29, 0.717) is 18.1 Å². The van der Waals surface area contributed by atoms with Crippen LogP contribution >= 0.6 is 0 Å². The van der Waals surface area contributed by atoms with E-state index in [2.05, 4.69) is 37.1 Å². The summed E-state index contributed by atoms with van der Waals surface area (Å²) in [6, 6.07) is 0. The number of primary amides is 1. The van der Waals surface area contributed by atoms with Crippen molar-refractivity contribution in [2.24, 2.45) is 11.7 Å². The third-order valence-corrected chi connectivity index (χ3v) is 3.69. The Morgan fingerprint density at radius 3 is 3.14 bits per heavy atom. The van der Waals surface area contributed by atoms with Crippen LogP contribution in [0.15, 0.2) is 6.33 Å². The van der Waals surface area contributed by atoms with Gasteiger partial charge >= 0.3 is 0 Å². The third kappa shape index (κ3) is 2.61. The van der Waals surface area contributed by atoms with Crippen LogP contribution in [0.3, 0.4) is 0 Å². The van der Waals surface area contributed by atoms with E-state index in [0.717, 1.165) is 37.3 Å². The van der Waals surface area contributed by atoms with Gasteiger partial charge in [0.1, 0.15) is 5.52 Å². The van der Waals surface area contributed by atoms with Gasteiger partial charge in [-0.3, -0.25) is 4.79 Å². The summed E-state index contributed by atoms with van der Waals surface area (Å²) in [5, 5.41) is 3.18. The predicted molar refractivity (Wildman–Crippen MR) is 80.0 cm³/mol. The second kappa shape index (κ2) is 5.55. The van der Waals surface area contributed by atoms with Gasteiger partial charge in [-0.05, 0) is 12.8 Å². The number of nitrogens with zero attached hydrogens (tertiary/aromatic N) is 4. The van der Waals surface area contributed by atoms with Gasteiger partial charge in [-0.15, -0.1) is 0 Å². The molecule has 8 nitrogen and oxygen atoms in total. The van der Waals surface area contributed by atoms with Crippen LogP contribution in [-0.2, 0) is 4.79 Å². The quantitative estimate of drug-likeness (QED) is 0.738. The molecule has 0 aromatic carbocycles. The van der Waals surface area contributed by atoms with E-state index in [1.807, 2.05) is 0 Å². The number of hydrogen-bond donors (Lipinski definition) is 3. The molecule has 0 bridgehead atoms. The summed E-state index contributed by atoms with van der Waals surface area (Å²) in [7, 11) is 0. The largest absolute Gasteiger partial charge is 0.369 e. The molecule has 3 rings (SSSR count). The Morgan fingerprint density at radius 1 is 1.57 bits per heavy atom. The number of nitrogens with two attached hydrogens (primary N) is 1. The third-order valence-electron chi connectivity index (χ3n) is 3.69. The molecule has 21 heavy (non-hydrogen) atoms. The Balaban J connectivity index is 1.93. The van der Waals surface area contributed by atoms with Crippen molar-refractivity contribution in [2.45, 2.75) is 19.8 Å². The average molecular weight is 289 g/mol. The molecule has 1 saturated heterocycles. The maximum absolute atomic E-state index is 11.3. The molecule has 2 aromatic heterocycles. The van der Waals surface area contributed by atoms with E-state index in [9.17, 15) is 4.79 Å². The van der Waals surface area contributed by atoms with Crippen molar-refractivity contribution >= 4 is 28.8 Å². The van der Waals surface area contributed by atoms with E-state index in [-0.39, 0.29) is 11.8 Å². The molecule has 0 spiro atoms. The Kier molecular flexibility index (Phi) is 3.59. The molecular formula is C13H19N7O. The highest BCUT2D eigenvalue weighted by molar-refractivity contribution is 5.85. The van der Waals surface area contributed by atoms with Crippen molar-refractivity contribution < 1.29 is 4.79 Å². The molecule has 3 heterocycles. The minimum absolute atomic E-state index is 0.120. The standard InChI is InChI=1S/C13H19N7O/c1-2-4-15-13-18-11-9(16-7-17-11)12(19-13)20-5-3-8(6-20)10(14)21/h7-8H,2-6H2,1H3,(H2,14,21)(H2,15,16,17,18,19). The Bertz CT molecular complexity index is 653. The number of nitrogens with one attached hydrogen (secondary N) is 2. The van der Waals surface area contributed by atoms with Gasteiger partial charge in [-0.2, -0.15) is 9.97 Å². The van der Waals surface area contributed by atoms with Crippen molar-refractivity contribution in [1.29, 1.82) is 0 Å². The maximum atomic E-state index is 11.3. The number of aromatic amines is 1. The predicted octanol–water partition coefficient (Wildman–Crippen LogP) is 0.486. The van der Waals surface area contributed by atoms with Crippen LogP contribution in [0.5, 0.6) is 0 Å². The molecule has 4 N–H and O–H groups in total. The van der Waals surface area contributed by atoms with Crippen molar-refractivity contribution in [3.8, 4) is 0 Å². The number of aromatic nitrogens is 4. The van der Waals surface area contributed by atoms with Gasteiger partial charge in [0.05, 0.1) is 12.2 Å². The molecule has 0 radical (unpaired) electrons. The van der Waals surface area contributed by atoms with Crippen molar-refractivity contribution in [3.05, 3.63) is 6.33 Å². The fourth-order valence-corrected chi connectivity index (χ4v) is 2.55. The Hall–Kier alpha value is -2.38. The summed E-state index contributed by atoms with van der Waals surface area (Å²) >= 11 is 0. The minimum Gasteiger partial charge on any atom is -0.369 e. The highest BCUT2D eigenvalue weighted by Gasteiger charge is 2.29. The van der Waals surface area contributed by atoms with Crippen LogP contribution in [0.2, 0.25) is 0 Å². The highest BCUT2D eigenvalue weighted by Crippen LogP contribution is 2.27. The molecule has 1 amide bonds. The lowest BCUT2D eigenvalue weighted by molar-refractivity contribution is -0.121. The molecule has 1 unspecified atom stereocenters. The molecule has 0 aliphatic carbocycles. The lowest BCUT2D eigenvalue weighted by Gasteiger charge is -2.18. The minimum atomic E-state index is -0.253. The zero-order chi connectivity index (χ0) is 14.8.